The number of aromatic nitrogens is 3. The summed E-state index contributed by atoms with van der Waals surface area (Å²) in [6.45, 7) is 1.53. The van der Waals surface area contributed by atoms with E-state index in [9.17, 15) is 9.59 Å². The van der Waals surface area contributed by atoms with Crippen LogP contribution in [0, 0.1) is 0 Å². The first-order valence-electron chi connectivity index (χ1n) is 9.69. The number of amides is 2. The van der Waals surface area contributed by atoms with Crippen molar-refractivity contribution in [1.29, 1.82) is 0 Å². The van der Waals surface area contributed by atoms with E-state index in [1.54, 1.807) is 6.20 Å². The van der Waals surface area contributed by atoms with Gasteiger partial charge in [0.05, 0.1) is 6.20 Å². The highest BCUT2D eigenvalue weighted by Gasteiger charge is 2.32. The van der Waals surface area contributed by atoms with Crippen LogP contribution in [0.3, 0.4) is 0 Å². The van der Waals surface area contributed by atoms with E-state index in [0.29, 0.717) is 29.8 Å². The summed E-state index contributed by atoms with van der Waals surface area (Å²) in [5.74, 6) is 1.92. The standard InChI is InChI=1S/C21H23N5O3/c1-13(27)23-16-9-15(10-16)18-11-19(26-25-18)24-20(28)8-7-17-12-22-21(29-17)14-5-3-2-4-6-14/h2-6,11-12,15-16H,7-10H2,1H3,(H,23,27)(H2,24,25,26,28). The average Bonchev–Trinajstić information content (AvgIpc) is 3.33. The molecular weight excluding hydrogens is 370 g/mol. The summed E-state index contributed by atoms with van der Waals surface area (Å²) in [5, 5.41) is 12.8. The zero-order valence-corrected chi connectivity index (χ0v) is 16.1. The molecule has 3 aromatic rings. The topological polar surface area (TPSA) is 113 Å². The molecular formula is C21H23N5O3. The second-order valence-electron chi connectivity index (χ2n) is 7.32. The number of hydrogen-bond acceptors (Lipinski definition) is 5. The fourth-order valence-corrected chi connectivity index (χ4v) is 3.47. The second-order valence-corrected chi connectivity index (χ2v) is 7.32. The van der Waals surface area contributed by atoms with E-state index in [0.717, 1.165) is 24.1 Å². The summed E-state index contributed by atoms with van der Waals surface area (Å²) >= 11 is 0. The molecule has 0 bridgehead atoms. The van der Waals surface area contributed by atoms with E-state index in [1.165, 1.54) is 6.92 Å². The SMILES string of the molecule is CC(=O)NC1CC(c2cc(NC(=O)CCc3cnc(-c4ccccc4)o3)n[nH]2)C1. The number of aromatic amines is 1. The molecule has 1 aromatic carbocycles. The highest BCUT2D eigenvalue weighted by atomic mass is 16.4. The van der Waals surface area contributed by atoms with Gasteiger partial charge < -0.3 is 15.1 Å². The Balaban J connectivity index is 1.24. The van der Waals surface area contributed by atoms with Crippen molar-refractivity contribution in [2.24, 2.45) is 0 Å². The molecule has 0 spiro atoms. The first kappa shape index (κ1) is 18.9. The molecule has 2 aromatic heterocycles. The van der Waals surface area contributed by atoms with E-state index in [-0.39, 0.29) is 24.3 Å². The Morgan fingerprint density at radius 1 is 1.24 bits per heavy atom. The molecule has 1 aliphatic carbocycles. The maximum atomic E-state index is 12.2. The predicted octanol–water partition coefficient (Wildman–Crippen LogP) is 3.02. The third-order valence-electron chi connectivity index (χ3n) is 5.02. The van der Waals surface area contributed by atoms with Gasteiger partial charge in [0.1, 0.15) is 5.76 Å². The molecule has 1 saturated carbocycles. The monoisotopic (exact) mass is 393 g/mol. The molecule has 0 aliphatic heterocycles. The van der Waals surface area contributed by atoms with Gasteiger partial charge in [0.15, 0.2) is 5.82 Å². The molecule has 4 rings (SSSR count). The normalized spacial score (nSPS) is 18.1. The number of oxazole rings is 1. The molecule has 0 unspecified atom stereocenters. The summed E-state index contributed by atoms with van der Waals surface area (Å²) in [4.78, 5) is 27.6. The number of nitrogens with one attached hydrogen (secondary N) is 3. The number of aryl methyl sites for hydroxylation is 1. The Morgan fingerprint density at radius 2 is 2.03 bits per heavy atom. The Hall–Kier alpha value is -3.42. The Kier molecular flexibility index (Phi) is 5.41. The molecule has 0 radical (unpaired) electrons. The van der Waals surface area contributed by atoms with Crippen molar-refractivity contribution in [2.75, 3.05) is 5.32 Å². The fraction of sp³-hybridized carbons (Fsp3) is 0.333. The van der Waals surface area contributed by atoms with Crippen LogP contribution >= 0.6 is 0 Å². The van der Waals surface area contributed by atoms with E-state index in [2.05, 4.69) is 25.8 Å². The van der Waals surface area contributed by atoms with Gasteiger partial charge in [0.2, 0.25) is 17.7 Å². The summed E-state index contributed by atoms with van der Waals surface area (Å²) in [6.07, 6.45) is 4.16. The zero-order chi connectivity index (χ0) is 20.2. The van der Waals surface area contributed by atoms with Crippen LogP contribution in [0.1, 0.15) is 43.6 Å². The Bertz CT molecular complexity index is 989. The minimum Gasteiger partial charge on any atom is -0.441 e. The van der Waals surface area contributed by atoms with Crippen LogP contribution in [0.15, 0.2) is 47.0 Å². The summed E-state index contributed by atoms with van der Waals surface area (Å²) in [6, 6.07) is 11.7. The van der Waals surface area contributed by atoms with Crippen LogP contribution in [0.25, 0.3) is 11.5 Å². The van der Waals surface area contributed by atoms with E-state index < -0.39 is 0 Å². The van der Waals surface area contributed by atoms with Crippen LogP contribution in [0.2, 0.25) is 0 Å². The van der Waals surface area contributed by atoms with Crippen LogP contribution in [0.5, 0.6) is 0 Å². The largest absolute Gasteiger partial charge is 0.441 e. The van der Waals surface area contributed by atoms with Gasteiger partial charge in [-0.15, -0.1) is 0 Å². The zero-order valence-electron chi connectivity index (χ0n) is 16.1. The van der Waals surface area contributed by atoms with Gasteiger partial charge in [0.25, 0.3) is 0 Å². The number of nitrogens with zero attached hydrogens (tertiary/aromatic N) is 2. The minimum absolute atomic E-state index is 0.00587. The highest BCUT2D eigenvalue weighted by Crippen LogP contribution is 2.36. The molecule has 150 valence electrons. The van der Waals surface area contributed by atoms with Crippen LogP contribution in [-0.2, 0) is 16.0 Å². The molecule has 0 atom stereocenters. The number of rotatable bonds is 7. The van der Waals surface area contributed by atoms with Gasteiger partial charge in [-0.05, 0) is 25.0 Å². The number of carbonyl (C=O) groups is 2. The van der Waals surface area contributed by atoms with Crippen LogP contribution in [0.4, 0.5) is 5.82 Å². The molecule has 29 heavy (non-hydrogen) atoms. The van der Waals surface area contributed by atoms with Crippen molar-refractivity contribution < 1.29 is 14.0 Å². The van der Waals surface area contributed by atoms with Gasteiger partial charge in [-0.2, -0.15) is 5.10 Å². The molecule has 1 fully saturated rings. The van der Waals surface area contributed by atoms with Crippen molar-refractivity contribution in [2.45, 2.75) is 44.6 Å². The summed E-state index contributed by atoms with van der Waals surface area (Å²) in [7, 11) is 0. The van der Waals surface area contributed by atoms with E-state index >= 15 is 0 Å². The Labute approximate surface area is 168 Å². The van der Waals surface area contributed by atoms with Gasteiger partial charge in [-0.25, -0.2) is 4.98 Å². The molecule has 8 nitrogen and oxygen atoms in total. The number of hydrogen-bond donors (Lipinski definition) is 3. The number of carbonyl (C=O) groups excluding carboxylic acids is 2. The first-order chi connectivity index (χ1) is 14.1. The molecule has 8 heteroatoms. The number of anilines is 1. The number of benzene rings is 1. The fourth-order valence-electron chi connectivity index (χ4n) is 3.47. The van der Waals surface area contributed by atoms with Crippen molar-refractivity contribution >= 4 is 17.6 Å². The quantitative estimate of drug-likeness (QED) is 0.571. The minimum atomic E-state index is -0.134. The van der Waals surface area contributed by atoms with E-state index in [4.69, 9.17) is 4.42 Å². The van der Waals surface area contributed by atoms with Crippen molar-refractivity contribution in [1.82, 2.24) is 20.5 Å². The van der Waals surface area contributed by atoms with Gasteiger partial charge >= 0.3 is 0 Å². The summed E-state index contributed by atoms with van der Waals surface area (Å²) < 4.78 is 5.72. The summed E-state index contributed by atoms with van der Waals surface area (Å²) in [5.41, 5.74) is 1.88. The van der Waals surface area contributed by atoms with Gasteiger partial charge in [-0.3, -0.25) is 14.7 Å². The lowest BCUT2D eigenvalue weighted by atomic mass is 9.78. The third kappa shape index (κ3) is 4.71. The molecule has 3 N–H and O–H groups in total. The lowest BCUT2D eigenvalue weighted by Gasteiger charge is -2.34. The third-order valence-corrected chi connectivity index (χ3v) is 5.02. The first-order valence-corrected chi connectivity index (χ1v) is 9.69. The van der Waals surface area contributed by atoms with Gasteiger partial charge in [-0.1, -0.05) is 18.2 Å². The smallest absolute Gasteiger partial charge is 0.226 e. The molecule has 0 saturated heterocycles. The predicted molar refractivity (Wildman–Crippen MR) is 107 cm³/mol. The highest BCUT2D eigenvalue weighted by molar-refractivity contribution is 5.89. The molecule has 1 aliphatic rings. The van der Waals surface area contributed by atoms with Crippen molar-refractivity contribution in [3.63, 3.8) is 0 Å². The number of H-pyrrole nitrogens is 1. The second kappa shape index (κ2) is 8.30. The Morgan fingerprint density at radius 3 is 2.79 bits per heavy atom. The van der Waals surface area contributed by atoms with Gasteiger partial charge in [0, 0.05) is 49.0 Å². The lowest BCUT2D eigenvalue weighted by molar-refractivity contribution is -0.120. The molecule has 2 heterocycles. The lowest BCUT2D eigenvalue weighted by Crippen LogP contribution is -2.42. The molecule has 2 amide bonds. The maximum absolute atomic E-state index is 12.2. The van der Waals surface area contributed by atoms with Crippen molar-refractivity contribution in [3.8, 4) is 11.5 Å². The maximum Gasteiger partial charge on any atom is 0.226 e. The van der Waals surface area contributed by atoms with Crippen LogP contribution in [-0.4, -0.2) is 33.0 Å². The van der Waals surface area contributed by atoms with Crippen LogP contribution < -0.4 is 10.6 Å². The average molecular weight is 393 g/mol. The van der Waals surface area contributed by atoms with Crippen molar-refractivity contribution in [3.05, 3.63) is 54.0 Å². The van der Waals surface area contributed by atoms with E-state index in [1.807, 2.05) is 36.4 Å².